The number of aromatic nitrogens is 5. The summed E-state index contributed by atoms with van der Waals surface area (Å²) in [6, 6.07) is 33.4. The number of benzene rings is 3. The summed E-state index contributed by atoms with van der Waals surface area (Å²) in [4.78, 5) is 13.8. The van der Waals surface area contributed by atoms with Crippen molar-refractivity contribution in [3.63, 3.8) is 0 Å². The van der Waals surface area contributed by atoms with Gasteiger partial charge in [0.25, 0.3) is 0 Å². The number of hydrogen-bond donors (Lipinski definition) is 0. The minimum Gasteiger partial charge on any atom is -0.306 e. The highest BCUT2D eigenvalue weighted by atomic mass is 15.0. The predicted octanol–water partition coefficient (Wildman–Crippen LogP) is 7.91. The monoisotopic (exact) mass is 526 g/mol. The Balaban J connectivity index is 1.57. The van der Waals surface area contributed by atoms with Gasteiger partial charge in [0.15, 0.2) is 0 Å². The number of nitriles is 1. The van der Waals surface area contributed by atoms with Crippen molar-refractivity contribution < 1.29 is 0 Å². The van der Waals surface area contributed by atoms with Crippen molar-refractivity contribution in [1.29, 1.82) is 5.26 Å². The summed E-state index contributed by atoms with van der Waals surface area (Å²) in [5, 5.41) is 15.2. The highest BCUT2D eigenvalue weighted by Crippen LogP contribution is 2.39. The van der Waals surface area contributed by atoms with Crippen LogP contribution in [0.25, 0.3) is 66.2 Å². The molecule has 192 valence electrons. The Bertz CT molecular complexity index is 2110. The molecule has 5 aromatic heterocycles. The third-order valence-corrected chi connectivity index (χ3v) is 7.83. The van der Waals surface area contributed by atoms with Crippen LogP contribution in [-0.4, -0.2) is 24.1 Å². The second-order valence-electron chi connectivity index (χ2n) is 10.2. The van der Waals surface area contributed by atoms with Crippen LogP contribution in [0.2, 0.25) is 0 Å². The zero-order valence-electron chi connectivity index (χ0n) is 22.2. The lowest BCUT2D eigenvalue weighted by molar-refractivity contribution is 1.10. The van der Waals surface area contributed by atoms with E-state index in [-0.39, 0.29) is 0 Å². The first-order valence-electron chi connectivity index (χ1n) is 13.4. The number of rotatable bonds is 3. The van der Waals surface area contributed by atoms with E-state index in [4.69, 9.17) is 4.98 Å². The summed E-state index contributed by atoms with van der Waals surface area (Å²) in [6.45, 7) is 1.99. The van der Waals surface area contributed by atoms with Crippen LogP contribution >= 0.6 is 0 Å². The summed E-state index contributed by atoms with van der Waals surface area (Å²) in [5.74, 6) is 0. The lowest BCUT2D eigenvalue weighted by Gasteiger charge is -2.18. The molecule has 0 aliphatic heterocycles. The number of para-hydroxylation sites is 2. The highest BCUT2D eigenvalue weighted by molar-refractivity contribution is 6.10. The molecule has 0 aliphatic carbocycles. The maximum atomic E-state index is 10.9. The summed E-state index contributed by atoms with van der Waals surface area (Å²) in [7, 11) is 0. The van der Waals surface area contributed by atoms with Gasteiger partial charge in [0, 0.05) is 45.2 Å². The van der Waals surface area contributed by atoms with E-state index in [1.165, 1.54) is 0 Å². The summed E-state index contributed by atoms with van der Waals surface area (Å²) < 4.78 is 4.32. The molecule has 3 aromatic carbocycles. The second kappa shape index (κ2) is 8.87. The minimum absolute atomic E-state index is 0.555. The molecule has 0 radical (unpaired) electrons. The Hall–Kier alpha value is -5.80. The fraction of sp³-hybridized carbons (Fsp3) is 0.0286. The van der Waals surface area contributed by atoms with E-state index in [1.807, 2.05) is 86.3 Å². The van der Waals surface area contributed by atoms with Crippen molar-refractivity contribution in [1.82, 2.24) is 24.1 Å². The molecule has 0 N–H and O–H groups in total. The number of aryl methyl sites for hydroxylation is 1. The molecule has 0 amide bonds. The summed E-state index contributed by atoms with van der Waals surface area (Å²) in [6.07, 6.45) is 7.37. The van der Waals surface area contributed by atoms with E-state index in [0.717, 1.165) is 71.9 Å². The van der Waals surface area contributed by atoms with Gasteiger partial charge in [-0.3, -0.25) is 15.0 Å². The van der Waals surface area contributed by atoms with Crippen molar-refractivity contribution in [3.8, 4) is 28.7 Å². The molecule has 8 aromatic rings. The molecule has 5 heterocycles. The van der Waals surface area contributed by atoms with Crippen molar-refractivity contribution in [3.05, 3.63) is 127 Å². The zero-order valence-corrected chi connectivity index (χ0v) is 22.2. The first-order valence-corrected chi connectivity index (χ1v) is 13.4. The Kier molecular flexibility index (Phi) is 5.00. The van der Waals surface area contributed by atoms with Crippen LogP contribution in [-0.2, 0) is 0 Å². The van der Waals surface area contributed by atoms with Gasteiger partial charge in [0.2, 0.25) is 0 Å². The van der Waals surface area contributed by atoms with E-state index in [2.05, 4.69) is 61.6 Å². The van der Waals surface area contributed by atoms with Gasteiger partial charge in [-0.15, -0.1) is 0 Å². The molecule has 6 heteroatoms. The van der Waals surface area contributed by atoms with Crippen molar-refractivity contribution in [2.24, 2.45) is 0 Å². The molecule has 0 saturated heterocycles. The first kappa shape index (κ1) is 23.1. The van der Waals surface area contributed by atoms with Crippen LogP contribution in [0.4, 0.5) is 0 Å². The largest absolute Gasteiger partial charge is 0.306 e. The molecule has 0 atom stereocenters. The van der Waals surface area contributed by atoms with Gasteiger partial charge < -0.3 is 9.13 Å². The average molecular weight is 527 g/mol. The smallest absolute Gasteiger partial charge is 0.104 e. The molecule has 41 heavy (non-hydrogen) atoms. The second-order valence-corrected chi connectivity index (χ2v) is 10.2. The Morgan fingerprint density at radius 2 is 1.15 bits per heavy atom. The van der Waals surface area contributed by atoms with E-state index >= 15 is 0 Å². The molecule has 0 bridgehead atoms. The van der Waals surface area contributed by atoms with Crippen molar-refractivity contribution >= 4 is 43.6 Å². The van der Waals surface area contributed by atoms with Gasteiger partial charge in [-0.1, -0.05) is 42.5 Å². The predicted molar refractivity (Wildman–Crippen MR) is 163 cm³/mol. The van der Waals surface area contributed by atoms with Gasteiger partial charge in [-0.2, -0.15) is 5.26 Å². The fourth-order valence-corrected chi connectivity index (χ4v) is 6.09. The standard InChI is InChI=1S/C35H22N6/c1-22-7-6-10-29(39-22)23-17-32(40-30-11-4-2-8-24(30)26-13-15-37-20-34(26)40)28(19-36)33(18-23)41-31-12-5-3-9-25(31)27-14-16-38-21-35(27)41/h2-18,20-21H,1H3. The molecular weight excluding hydrogens is 504 g/mol. The van der Waals surface area contributed by atoms with Crippen molar-refractivity contribution in [2.45, 2.75) is 6.92 Å². The van der Waals surface area contributed by atoms with E-state index in [1.54, 1.807) is 0 Å². The van der Waals surface area contributed by atoms with Crippen LogP contribution in [0.15, 0.2) is 116 Å². The third kappa shape index (κ3) is 3.39. The minimum atomic E-state index is 0.555. The lowest BCUT2D eigenvalue weighted by atomic mass is 10.0. The average Bonchev–Trinajstić information content (AvgIpc) is 3.53. The maximum Gasteiger partial charge on any atom is 0.104 e. The number of fused-ring (bicyclic) bond motifs is 6. The van der Waals surface area contributed by atoms with Gasteiger partial charge in [-0.05, 0) is 55.5 Å². The number of hydrogen-bond acceptors (Lipinski definition) is 4. The van der Waals surface area contributed by atoms with E-state index in [9.17, 15) is 5.26 Å². The first-order chi connectivity index (χ1) is 20.2. The normalized spacial score (nSPS) is 11.5. The zero-order chi connectivity index (χ0) is 27.5. The molecule has 0 spiro atoms. The maximum absolute atomic E-state index is 10.9. The highest BCUT2D eigenvalue weighted by Gasteiger charge is 2.22. The molecular formula is C35H22N6. The van der Waals surface area contributed by atoms with Crippen LogP contribution < -0.4 is 0 Å². The lowest BCUT2D eigenvalue weighted by Crippen LogP contribution is -2.05. The molecule has 0 aliphatic rings. The Morgan fingerprint density at radius 3 is 1.68 bits per heavy atom. The van der Waals surface area contributed by atoms with Crippen LogP contribution in [0.1, 0.15) is 11.3 Å². The quantitative estimate of drug-likeness (QED) is 0.234. The van der Waals surface area contributed by atoms with Crippen LogP contribution in [0.3, 0.4) is 0 Å². The molecule has 6 nitrogen and oxygen atoms in total. The summed E-state index contributed by atoms with van der Waals surface area (Å²) >= 11 is 0. The topological polar surface area (TPSA) is 72.3 Å². The van der Waals surface area contributed by atoms with Crippen LogP contribution in [0.5, 0.6) is 0 Å². The summed E-state index contributed by atoms with van der Waals surface area (Å²) in [5.41, 5.74) is 8.69. The Morgan fingerprint density at radius 1 is 0.610 bits per heavy atom. The SMILES string of the molecule is Cc1cccc(-c2cc(-n3c4ccccc4c4ccncc43)c(C#N)c(-n3c4ccccc4c4ccncc43)c2)n1. The van der Waals surface area contributed by atoms with E-state index < -0.39 is 0 Å². The number of pyridine rings is 3. The van der Waals surface area contributed by atoms with Gasteiger partial charge in [0.05, 0.1) is 51.5 Å². The van der Waals surface area contributed by atoms with Gasteiger partial charge in [-0.25, -0.2) is 0 Å². The fourth-order valence-electron chi connectivity index (χ4n) is 6.09. The Labute approximate surface area is 235 Å². The van der Waals surface area contributed by atoms with Gasteiger partial charge >= 0.3 is 0 Å². The molecule has 0 unspecified atom stereocenters. The third-order valence-electron chi connectivity index (χ3n) is 7.83. The van der Waals surface area contributed by atoms with Crippen molar-refractivity contribution in [2.75, 3.05) is 0 Å². The van der Waals surface area contributed by atoms with E-state index in [0.29, 0.717) is 5.56 Å². The van der Waals surface area contributed by atoms with Gasteiger partial charge in [0.1, 0.15) is 11.6 Å². The molecule has 0 saturated carbocycles. The molecule has 8 rings (SSSR count). The van der Waals surface area contributed by atoms with Crippen LogP contribution in [0, 0.1) is 18.3 Å². The molecule has 0 fully saturated rings. The number of nitrogens with zero attached hydrogens (tertiary/aromatic N) is 6.